The minimum atomic E-state index is -0.644. The highest BCUT2D eigenvalue weighted by Crippen LogP contribution is 2.45. The maximum absolute atomic E-state index is 11.4. The number of benzene rings is 1. The van der Waals surface area contributed by atoms with Crippen molar-refractivity contribution in [2.24, 2.45) is 17.3 Å². The molecule has 3 atom stereocenters. The largest absolute Gasteiger partial charge is 0.481 e. The molecule has 0 bridgehead atoms. The lowest BCUT2D eigenvalue weighted by atomic mass is 9.61. The summed E-state index contributed by atoms with van der Waals surface area (Å²) >= 11 is 0. The molecule has 0 saturated heterocycles. The summed E-state index contributed by atoms with van der Waals surface area (Å²) < 4.78 is 0. The van der Waals surface area contributed by atoms with Crippen molar-refractivity contribution in [2.75, 3.05) is 6.54 Å². The fourth-order valence-electron chi connectivity index (χ4n) is 3.57. The summed E-state index contributed by atoms with van der Waals surface area (Å²) in [5.41, 5.74) is 1.19. The van der Waals surface area contributed by atoms with E-state index in [2.05, 4.69) is 50.4 Å². The lowest BCUT2D eigenvalue weighted by molar-refractivity contribution is -0.150. The van der Waals surface area contributed by atoms with Crippen LogP contribution in [0.3, 0.4) is 0 Å². The lowest BCUT2D eigenvalue weighted by Crippen LogP contribution is -2.51. The highest BCUT2D eigenvalue weighted by molar-refractivity contribution is 5.71. The van der Waals surface area contributed by atoms with Crippen molar-refractivity contribution in [2.45, 2.75) is 46.1 Å². The molecule has 21 heavy (non-hydrogen) atoms. The van der Waals surface area contributed by atoms with E-state index in [9.17, 15) is 9.90 Å². The van der Waals surface area contributed by atoms with Crippen LogP contribution in [0.4, 0.5) is 0 Å². The molecule has 0 radical (unpaired) electrons. The zero-order valence-electron chi connectivity index (χ0n) is 13.3. The Morgan fingerprint density at radius 2 is 1.95 bits per heavy atom. The van der Waals surface area contributed by atoms with Crippen molar-refractivity contribution in [3.05, 3.63) is 35.9 Å². The molecule has 0 heterocycles. The van der Waals surface area contributed by atoms with Crippen molar-refractivity contribution in [1.82, 2.24) is 5.32 Å². The Balaban J connectivity index is 1.89. The summed E-state index contributed by atoms with van der Waals surface area (Å²) in [5, 5.41) is 13.0. The van der Waals surface area contributed by atoms with Gasteiger partial charge in [0.05, 0.1) is 5.92 Å². The highest BCUT2D eigenvalue weighted by atomic mass is 16.4. The van der Waals surface area contributed by atoms with Crippen molar-refractivity contribution >= 4 is 5.97 Å². The van der Waals surface area contributed by atoms with Gasteiger partial charge in [0, 0.05) is 6.04 Å². The standard InChI is InChI=1S/C18H27NO2/c1-13-16(10-9-15(17(20)21)18(13,2)3)19-12-11-14-7-5-4-6-8-14/h4-8,13,15-16,19H,9-12H2,1-3H3,(H,20,21). The van der Waals surface area contributed by atoms with Gasteiger partial charge in [0.15, 0.2) is 0 Å². The minimum absolute atomic E-state index is 0.158. The summed E-state index contributed by atoms with van der Waals surface area (Å²) in [7, 11) is 0. The van der Waals surface area contributed by atoms with E-state index in [0.717, 1.165) is 25.8 Å². The number of hydrogen-bond acceptors (Lipinski definition) is 2. The van der Waals surface area contributed by atoms with Gasteiger partial charge in [-0.1, -0.05) is 51.1 Å². The molecule has 1 fully saturated rings. The van der Waals surface area contributed by atoms with Gasteiger partial charge in [-0.05, 0) is 42.7 Å². The van der Waals surface area contributed by atoms with Gasteiger partial charge in [-0.2, -0.15) is 0 Å². The van der Waals surface area contributed by atoms with Crippen LogP contribution in [0.2, 0.25) is 0 Å². The van der Waals surface area contributed by atoms with Gasteiger partial charge in [-0.25, -0.2) is 0 Å². The number of rotatable bonds is 5. The van der Waals surface area contributed by atoms with Crippen molar-refractivity contribution in [3.8, 4) is 0 Å². The fourth-order valence-corrected chi connectivity index (χ4v) is 3.57. The molecule has 1 aromatic rings. The Labute approximate surface area is 127 Å². The van der Waals surface area contributed by atoms with Crippen molar-refractivity contribution in [1.29, 1.82) is 0 Å². The number of carbonyl (C=O) groups is 1. The molecular formula is C18H27NO2. The molecule has 2 rings (SSSR count). The topological polar surface area (TPSA) is 49.3 Å². The monoisotopic (exact) mass is 289 g/mol. The van der Waals surface area contributed by atoms with Gasteiger partial charge in [0.1, 0.15) is 0 Å². The van der Waals surface area contributed by atoms with Gasteiger partial charge in [-0.3, -0.25) is 4.79 Å². The second-order valence-corrected chi connectivity index (χ2v) is 6.87. The molecular weight excluding hydrogens is 262 g/mol. The molecule has 3 heteroatoms. The Kier molecular flexibility index (Phi) is 5.04. The second kappa shape index (κ2) is 6.61. The van der Waals surface area contributed by atoms with E-state index in [1.165, 1.54) is 5.56 Å². The van der Waals surface area contributed by atoms with Gasteiger partial charge >= 0.3 is 5.97 Å². The van der Waals surface area contributed by atoms with Crippen LogP contribution in [0.1, 0.15) is 39.2 Å². The predicted octanol–water partition coefficient (Wildman–Crippen LogP) is 3.34. The third-order valence-corrected chi connectivity index (χ3v) is 5.40. The Bertz CT molecular complexity index is 469. The Hall–Kier alpha value is -1.35. The lowest BCUT2D eigenvalue weighted by Gasteiger charge is -2.46. The van der Waals surface area contributed by atoms with Crippen LogP contribution in [0.15, 0.2) is 30.3 Å². The number of carboxylic acids is 1. The molecule has 0 aromatic heterocycles. The average Bonchev–Trinajstić information content (AvgIpc) is 2.44. The Morgan fingerprint density at radius 3 is 2.57 bits per heavy atom. The van der Waals surface area contributed by atoms with Crippen LogP contribution in [-0.4, -0.2) is 23.7 Å². The maximum Gasteiger partial charge on any atom is 0.307 e. The van der Waals surface area contributed by atoms with E-state index in [4.69, 9.17) is 0 Å². The molecule has 1 aliphatic rings. The van der Waals surface area contributed by atoms with E-state index in [-0.39, 0.29) is 11.3 Å². The summed E-state index contributed by atoms with van der Waals surface area (Å²) in [4.78, 5) is 11.4. The molecule has 2 N–H and O–H groups in total. The van der Waals surface area contributed by atoms with Crippen LogP contribution >= 0.6 is 0 Å². The molecule has 3 nitrogen and oxygen atoms in total. The van der Waals surface area contributed by atoms with E-state index in [1.54, 1.807) is 0 Å². The summed E-state index contributed by atoms with van der Waals surface area (Å²) in [6.45, 7) is 7.34. The average molecular weight is 289 g/mol. The van der Waals surface area contributed by atoms with E-state index in [1.807, 2.05) is 6.07 Å². The predicted molar refractivity (Wildman–Crippen MR) is 85.2 cm³/mol. The number of carboxylic acid groups (broad SMARTS) is 1. The van der Waals surface area contributed by atoms with E-state index in [0.29, 0.717) is 12.0 Å². The van der Waals surface area contributed by atoms with Crippen LogP contribution in [0, 0.1) is 17.3 Å². The first-order chi connectivity index (χ1) is 9.93. The Morgan fingerprint density at radius 1 is 1.29 bits per heavy atom. The fraction of sp³-hybridized carbons (Fsp3) is 0.611. The summed E-state index contributed by atoms with van der Waals surface area (Å²) in [6.07, 6.45) is 2.75. The van der Waals surface area contributed by atoms with E-state index < -0.39 is 5.97 Å². The normalized spacial score (nSPS) is 28.2. The molecule has 1 saturated carbocycles. The first-order valence-corrected chi connectivity index (χ1v) is 7.93. The number of aliphatic carboxylic acids is 1. The minimum Gasteiger partial charge on any atom is -0.481 e. The number of nitrogens with one attached hydrogen (secondary N) is 1. The SMILES string of the molecule is CC1C(NCCc2ccccc2)CCC(C(=O)O)C1(C)C. The quantitative estimate of drug-likeness (QED) is 0.874. The summed E-state index contributed by atoms with van der Waals surface area (Å²) in [6, 6.07) is 10.9. The van der Waals surface area contributed by atoms with Gasteiger partial charge in [-0.15, -0.1) is 0 Å². The molecule has 0 amide bonds. The van der Waals surface area contributed by atoms with Gasteiger partial charge in [0.25, 0.3) is 0 Å². The van der Waals surface area contributed by atoms with Gasteiger partial charge < -0.3 is 10.4 Å². The molecule has 1 aromatic carbocycles. The molecule has 116 valence electrons. The van der Waals surface area contributed by atoms with Crippen LogP contribution in [-0.2, 0) is 11.2 Å². The van der Waals surface area contributed by atoms with Crippen LogP contribution < -0.4 is 5.32 Å². The third-order valence-electron chi connectivity index (χ3n) is 5.40. The van der Waals surface area contributed by atoms with Crippen LogP contribution in [0.5, 0.6) is 0 Å². The van der Waals surface area contributed by atoms with Crippen molar-refractivity contribution < 1.29 is 9.90 Å². The molecule has 3 unspecified atom stereocenters. The first-order valence-electron chi connectivity index (χ1n) is 7.93. The third kappa shape index (κ3) is 3.65. The summed E-state index contributed by atoms with van der Waals surface area (Å²) in [5.74, 6) is -0.502. The van der Waals surface area contributed by atoms with Crippen molar-refractivity contribution in [3.63, 3.8) is 0 Å². The number of hydrogen-bond donors (Lipinski definition) is 2. The van der Waals surface area contributed by atoms with Crippen LogP contribution in [0.25, 0.3) is 0 Å². The zero-order valence-corrected chi connectivity index (χ0v) is 13.3. The smallest absolute Gasteiger partial charge is 0.307 e. The first kappa shape index (κ1) is 16.0. The zero-order chi connectivity index (χ0) is 15.5. The van der Waals surface area contributed by atoms with E-state index >= 15 is 0 Å². The molecule has 0 spiro atoms. The maximum atomic E-state index is 11.4. The highest BCUT2D eigenvalue weighted by Gasteiger charge is 2.45. The molecule has 1 aliphatic carbocycles. The molecule has 0 aliphatic heterocycles. The van der Waals surface area contributed by atoms with Gasteiger partial charge in [0.2, 0.25) is 0 Å². The second-order valence-electron chi connectivity index (χ2n) is 6.87.